The van der Waals surface area contributed by atoms with E-state index in [0.717, 1.165) is 0 Å². The Morgan fingerprint density at radius 1 is 1.24 bits per heavy atom. The zero-order chi connectivity index (χ0) is 14.8. The second kappa shape index (κ2) is 5.57. The Kier molecular flexibility index (Phi) is 3.62. The number of imidazole rings is 1. The van der Waals surface area contributed by atoms with Gasteiger partial charge < -0.3 is 9.55 Å². The molecular formula is C14H13ClN4O2. The van der Waals surface area contributed by atoms with Crippen molar-refractivity contribution < 1.29 is 0 Å². The molecule has 2 aromatic heterocycles. The quantitative estimate of drug-likeness (QED) is 0.796. The molecule has 0 radical (unpaired) electrons. The number of aromatic nitrogens is 4. The highest BCUT2D eigenvalue weighted by atomic mass is 35.5. The van der Waals surface area contributed by atoms with Crippen LogP contribution >= 0.6 is 11.6 Å². The molecule has 108 valence electrons. The average Bonchev–Trinajstić information content (AvgIpc) is 2.97. The standard InChI is InChI=1S/C14H13ClN4O2/c15-10-2-3-12-11(8-10)13(20)19(14(21)17-12)6-1-5-18-7-4-16-9-18/h2-4,7-9H,1,5-6H2,(H,17,21). The maximum atomic E-state index is 12.4. The van der Waals surface area contributed by atoms with Gasteiger partial charge in [-0.1, -0.05) is 11.6 Å². The third kappa shape index (κ3) is 2.75. The second-order valence-corrected chi connectivity index (χ2v) is 5.17. The number of aryl methyl sites for hydroxylation is 1. The fraction of sp³-hybridized carbons (Fsp3) is 0.214. The average molecular weight is 305 g/mol. The van der Waals surface area contributed by atoms with Gasteiger partial charge in [0.2, 0.25) is 0 Å². The minimum absolute atomic E-state index is 0.318. The summed E-state index contributed by atoms with van der Waals surface area (Å²) in [4.78, 5) is 31.0. The first kappa shape index (κ1) is 13.6. The van der Waals surface area contributed by atoms with Crippen molar-refractivity contribution in [1.82, 2.24) is 19.1 Å². The van der Waals surface area contributed by atoms with Crippen molar-refractivity contribution in [2.45, 2.75) is 19.5 Å². The molecule has 0 saturated carbocycles. The molecule has 1 aromatic carbocycles. The van der Waals surface area contributed by atoms with Gasteiger partial charge in [0.1, 0.15) is 0 Å². The summed E-state index contributed by atoms with van der Waals surface area (Å²) in [5.74, 6) is 0. The Bertz CT molecular complexity index is 880. The molecule has 0 atom stereocenters. The van der Waals surface area contributed by atoms with Crippen molar-refractivity contribution in [2.75, 3.05) is 0 Å². The highest BCUT2D eigenvalue weighted by molar-refractivity contribution is 6.31. The molecule has 0 aliphatic rings. The van der Waals surface area contributed by atoms with E-state index in [-0.39, 0.29) is 5.56 Å². The van der Waals surface area contributed by atoms with Gasteiger partial charge in [-0.25, -0.2) is 9.78 Å². The Morgan fingerprint density at radius 3 is 2.86 bits per heavy atom. The maximum absolute atomic E-state index is 12.4. The summed E-state index contributed by atoms with van der Waals surface area (Å²) in [6.45, 7) is 1.04. The first-order chi connectivity index (χ1) is 10.1. The van der Waals surface area contributed by atoms with E-state index in [1.165, 1.54) is 4.57 Å². The lowest BCUT2D eigenvalue weighted by Gasteiger charge is -2.07. The summed E-state index contributed by atoms with van der Waals surface area (Å²) in [6, 6.07) is 4.85. The molecule has 0 fully saturated rings. The fourth-order valence-electron chi connectivity index (χ4n) is 2.26. The van der Waals surface area contributed by atoms with Crippen LogP contribution in [0.4, 0.5) is 0 Å². The number of benzene rings is 1. The van der Waals surface area contributed by atoms with Crippen LogP contribution in [0.1, 0.15) is 6.42 Å². The van der Waals surface area contributed by atoms with Crippen molar-refractivity contribution in [2.24, 2.45) is 0 Å². The van der Waals surface area contributed by atoms with E-state index >= 15 is 0 Å². The monoisotopic (exact) mass is 304 g/mol. The molecule has 1 N–H and O–H groups in total. The van der Waals surface area contributed by atoms with Gasteiger partial charge >= 0.3 is 5.69 Å². The fourth-order valence-corrected chi connectivity index (χ4v) is 2.43. The Balaban J connectivity index is 1.91. The first-order valence-corrected chi connectivity index (χ1v) is 6.91. The normalized spacial score (nSPS) is 11.1. The summed E-state index contributed by atoms with van der Waals surface area (Å²) in [6.07, 6.45) is 5.89. The topological polar surface area (TPSA) is 72.7 Å². The van der Waals surface area contributed by atoms with E-state index in [1.807, 2.05) is 10.8 Å². The van der Waals surface area contributed by atoms with Crippen LogP contribution in [0.5, 0.6) is 0 Å². The predicted molar refractivity (Wildman–Crippen MR) is 80.7 cm³/mol. The van der Waals surface area contributed by atoms with Crippen molar-refractivity contribution >= 4 is 22.5 Å². The summed E-state index contributed by atoms with van der Waals surface area (Å²) in [5.41, 5.74) is -0.220. The molecule has 0 saturated heterocycles. The van der Waals surface area contributed by atoms with Crippen LogP contribution in [0.3, 0.4) is 0 Å². The van der Waals surface area contributed by atoms with Gasteiger partial charge in [0.15, 0.2) is 0 Å². The zero-order valence-corrected chi connectivity index (χ0v) is 11.9. The largest absolute Gasteiger partial charge is 0.337 e. The first-order valence-electron chi connectivity index (χ1n) is 6.53. The molecule has 0 amide bonds. The third-order valence-electron chi connectivity index (χ3n) is 3.30. The number of rotatable bonds is 4. The maximum Gasteiger partial charge on any atom is 0.328 e. The minimum atomic E-state index is -0.402. The molecule has 0 bridgehead atoms. The number of hydrogen-bond acceptors (Lipinski definition) is 3. The van der Waals surface area contributed by atoms with Gasteiger partial charge in [0.05, 0.1) is 17.2 Å². The lowest BCUT2D eigenvalue weighted by atomic mass is 10.2. The van der Waals surface area contributed by atoms with Crippen LogP contribution in [0, 0.1) is 0 Å². The lowest BCUT2D eigenvalue weighted by Crippen LogP contribution is -2.35. The zero-order valence-electron chi connectivity index (χ0n) is 11.1. The molecule has 0 unspecified atom stereocenters. The van der Waals surface area contributed by atoms with Crippen molar-refractivity contribution in [3.8, 4) is 0 Å². The molecular weight excluding hydrogens is 292 g/mol. The second-order valence-electron chi connectivity index (χ2n) is 4.73. The molecule has 2 heterocycles. The minimum Gasteiger partial charge on any atom is -0.337 e. The van der Waals surface area contributed by atoms with Gasteiger partial charge in [0, 0.05) is 30.5 Å². The SMILES string of the molecule is O=c1[nH]c2ccc(Cl)cc2c(=O)n1CCCn1ccnc1. The van der Waals surface area contributed by atoms with Crippen LogP contribution in [-0.2, 0) is 13.1 Å². The smallest absolute Gasteiger partial charge is 0.328 e. The van der Waals surface area contributed by atoms with E-state index in [0.29, 0.717) is 35.4 Å². The highest BCUT2D eigenvalue weighted by Gasteiger charge is 2.07. The summed E-state index contributed by atoms with van der Waals surface area (Å²) in [5, 5.41) is 0.890. The Labute approximate surface area is 124 Å². The summed E-state index contributed by atoms with van der Waals surface area (Å²) >= 11 is 5.90. The number of nitrogens with zero attached hydrogens (tertiary/aromatic N) is 3. The van der Waals surface area contributed by atoms with Crippen LogP contribution in [0.15, 0.2) is 46.5 Å². The predicted octanol–water partition coefficient (Wildman–Crippen LogP) is 1.63. The molecule has 7 heteroatoms. The number of fused-ring (bicyclic) bond motifs is 1. The molecule has 0 spiro atoms. The van der Waals surface area contributed by atoms with Gasteiger partial charge in [0.25, 0.3) is 5.56 Å². The lowest BCUT2D eigenvalue weighted by molar-refractivity contribution is 0.538. The van der Waals surface area contributed by atoms with Crippen LogP contribution in [0.25, 0.3) is 10.9 Å². The van der Waals surface area contributed by atoms with Crippen LogP contribution in [-0.4, -0.2) is 19.1 Å². The third-order valence-corrected chi connectivity index (χ3v) is 3.54. The van der Waals surface area contributed by atoms with Crippen LogP contribution < -0.4 is 11.2 Å². The summed E-state index contributed by atoms with van der Waals surface area (Å²) in [7, 11) is 0. The number of aromatic amines is 1. The Hall–Kier alpha value is -2.34. The van der Waals surface area contributed by atoms with E-state index in [9.17, 15) is 9.59 Å². The van der Waals surface area contributed by atoms with Crippen molar-refractivity contribution in [3.05, 3.63) is 62.8 Å². The van der Waals surface area contributed by atoms with E-state index in [1.54, 1.807) is 30.7 Å². The number of H-pyrrole nitrogens is 1. The summed E-state index contributed by atoms with van der Waals surface area (Å²) < 4.78 is 3.10. The van der Waals surface area contributed by atoms with Crippen molar-refractivity contribution in [1.29, 1.82) is 0 Å². The van der Waals surface area contributed by atoms with E-state index < -0.39 is 5.69 Å². The van der Waals surface area contributed by atoms with E-state index in [2.05, 4.69) is 9.97 Å². The molecule has 0 aliphatic carbocycles. The molecule has 6 nitrogen and oxygen atoms in total. The van der Waals surface area contributed by atoms with Crippen molar-refractivity contribution in [3.63, 3.8) is 0 Å². The van der Waals surface area contributed by atoms with Gasteiger partial charge in [-0.3, -0.25) is 9.36 Å². The van der Waals surface area contributed by atoms with Crippen LogP contribution in [0.2, 0.25) is 5.02 Å². The molecule has 21 heavy (non-hydrogen) atoms. The van der Waals surface area contributed by atoms with E-state index in [4.69, 9.17) is 11.6 Å². The van der Waals surface area contributed by atoms with Gasteiger partial charge in [-0.05, 0) is 24.6 Å². The molecule has 3 rings (SSSR count). The van der Waals surface area contributed by atoms with Gasteiger partial charge in [-0.15, -0.1) is 0 Å². The number of nitrogens with one attached hydrogen (secondary N) is 1. The van der Waals surface area contributed by atoms with Gasteiger partial charge in [-0.2, -0.15) is 0 Å². The number of halogens is 1. The molecule has 0 aliphatic heterocycles. The molecule has 3 aromatic rings. The number of hydrogen-bond donors (Lipinski definition) is 1. The Morgan fingerprint density at radius 2 is 2.10 bits per heavy atom. The highest BCUT2D eigenvalue weighted by Crippen LogP contribution is 2.13.